The first-order chi connectivity index (χ1) is 10.7. The van der Waals surface area contributed by atoms with Gasteiger partial charge in [0.05, 0.1) is 11.3 Å². The first-order valence-corrected chi connectivity index (χ1v) is 7.53. The number of aromatic nitrogens is 1. The first-order valence-electron chi connectivity index (χ1n) is 6.65. The fourth-order valence-corrected chi connectivity index (χ4v) is 2.74. The van der Waals surface area contributed by atoms with Gasteiger partial charge in [-0.1, -0.05) is 36.4 Å². The Morgan fingerprint density at radius 2 is 1.95 bits per heavy atom. The van der Waals surface area contributed by atoms with Gasteiger partial charge in [-0.3, -0.25) is 0 Å². The van der Waals surface area contributed by atoms with Crippen molar-refractivity contribution >= 4 is 17.3 Å². The molecule has 3 nitrogen and oxygen atoms in total. The highest BCUT2D eigenvalue weighted by atomic mass is 32.1. The normalized spacial score (nSPS) is 10.4. The minimum Gasteiger partial charge on any atom is -0.456 e. The van der Waals surface area contributed by atoms with Gasteiger partial charge in [-0.2, -0.15) is 0 Å². The number of thiazole rings is 1. The molecule has 3 rings (SSSR count). The van der Waals surface area contributed by atoms with E-state index in [1.807, 2.05) is 35.7 Å². The third kappa shape index (κ3) is 3.38. The maximum Gasteiger partial charge on any atom is 0.338 e. The summed E-state index contributed by atoms with van der Waals surface area (Å²) in [5.41, 5.74) is 1.89. The minimum atomic E-state index is -0.561. The molecule has 0 N–H and O–H groups in total. The standard InChI is InChI=1S/C17H12FNO2S/c18-14-8-4-7-13(9-14)17(20)21-10-15-11-22-16(19-15)12-5-2-1-3-6-12/h1-9,11H,10H2. The van der Waals surface area contributed by atoms with Crippen LogP contribution in [0.4, 0.5) is 4.39 Å². The Labute approximate surface area is 131 Å². The lowest BCUT2D eigenvalue weighted by Gasteiger charge is -2.02. The molecule has 0 saturated heterocycles. The molecule has 1 aromatic heterocycles. The van der Waals surface area contributed by atoms with Crippen molar-refractivity contribution in [3.63, 3.8) is 0 Å². The van der Waals surface area contributed by atoms with Crippen molar-refractivity contribution in [2.24, 2.45) is 0 Å². The van der Waals surface area contributed by atoms with Crippen LogP contribution in [0.25, 0.3) is 10.6 Å². The summed E-state index contributed by atoms with van der Waals surface area (Å²) in [5.74, 6) is -1.02. The van der Waals surface area contributed by atoms with E-state index in [1.165, 1.54) is 29.5 Å². The highest BCUT2D eigenvalue weighted by Gasteiger charge is 2.10. The number of hydrogen-bond acceptors (Lipinski definition) is 4. The smallest absolute Gasteiger partial charge is 0.338 e. The summed E-state index contributed by atoms with van der Waals surface area (Å²) in [6.45, 7) is 0.0681. The van der Waals surface area contributed by atoms with Gasteiger partial charge in [0.1, 0.15) is 17.4 Å². The van der Waals surface area contributed by atoms with E-state index in [4.69, 9.17) is 4.74 Å². The zero-order valence-corrected chi connectivity index (χ0v) is 12.3. The van der Waals surface area contributed by atoms with Gasteiger partial charge in [-0.25, -0.2) is 14.2 Å². The van der Waals surface area contributed by atoms with Crippen LogP contribution in [0.2, 0.25) is 0 Å². The largest absolute Gasteiger partial charge is 0.456 e. The van der Waals surface area contributed by atoms with Crippen molar-refractivity contribution in [2.75, 3.05) is 0 Å². The van der Waals surface area contributed by atoms with Crippen molar-refractivity contribution < 1.29 is 13.9 Å². The number of ether oxygens (including phenoxy) is 1. The van der Waals surface area contributed by atoms with E-state index in [0.717, 1.165) is 16.6 Å². The third-order valence-corrected chi connectivity index (χ3v) is 3.92. The molecule has 0 aliphatic rings. The van der Waals surface area contributed by atoms with Crippen LogP contribution >= 0.6 is 11.3 Å². The van der Waals surface area contributed by atoms with Crippen LogP contribution in [0.5, 0.6) is 0 Å². The van der Waals surface area contributed by atoms with E-state index in [9.17, 15) is 9.18 Å². The Bertz CT molecular complexity index is 786. The van der Waals surface area contributed by atoms with Crippen LogP contribution < -0.4 is 0 Å². The molecule has 0 spiro atoms. The Hall–Kier alpha value is -2.53. The first kappa shape index (κ1) is 14.4. The summed E-state index contributed by atoms with van der Waals surface area (Å²) >= 11 is 1.49. The molecule has 2 aromatic carbocycles. The van der Waals surface area contributed by atoms with Crippen molar-refractivity contribution in [1.82, 2.24) is 4.98 Å². The van der Waals surface area contributed by atoms with Gasteiger partial charge in [0.15, 0.2) is 0 Å². The van der Waals surface area contributed by atoms with Crippen LogP contribution in [0.3, 0.4) is 0 Å². The van der Waals surface area contributed by atoms with Gasteiger partial charge in [0, 0.05) is 10.9 Å². The van der Waals surface area contributed by atoms with E-state index < -0.39 is 11.8 Å². The van der Waals surface area contributed by atoms with Crippen molar-refractivity contribution in [3.8, 4) is 10.6 Å². The average Bonchev–Trinajstić information content (AvgIpc) is 3.02. The molecule has 0 aliphatic heterocycles. The predicted molar refractivity (Wildman–Crippen MR) is 83.1 cm³/mol. The second kappa shape index (κ2) is 6.49. The molecule has 0 aliphatic carbocycles. The maximum atomic E-state index is 13.1. The molecular formula is C17H12FNO2S. The van der Waals surface area contributed by atoms with Crippen molar-refractivity contribution in [3.05, 3.63) is 77.1 Å². The third-order valence-electron chi connectivity index (χ3n) is 2.98. The molecule has 0 saturated carbocycles. The summed E-state index contributed by atoms with van der Waals surface area (Å²) < 4.78 is 18.2. The maximum absolute atomic E-state index is 13.1. The molecule has 110 valence electrons. The summed E-state index contributed by atoms with van der Waals surface area (Å²) in [4.78, 5) is 16.3. The Kier molecular flexibility index (Phi) is 4.25. The molecule has 1 heterocycles. The molecule has 0 amide bonds. The molecule has 0 fully saturated rings. The lowest BCUT2D eigenvalue weighted by molar-refractivity contribution is 0.0468. The molecule has 0 atom stereocenters. The predicted octanol–water partition coefficient (Wildman–Crippen LogP) is 4.31. The molecule has 0 unspecified atom stereocenters. The van der Waals surface area contributed by atoms with Gasteiger partial charge in [-0.05, 0) is 18.2 Å². The fourth-order valence-electron chi connectivity index (χ4n) is 1.92. The van der Waals surface area contributed by atoms with E-state index in [-0.39, 0.29) is 12.2 Å². The van der Waals surface area contributed by atoms with E-state index in [0.29, 0.717) is 5.69 Å². The topological polar surface area (TPSA) is 39.2 Å². The summed E-state index contributed by atoms with van der Waals surface area (Å²) in [5, 5.41) is 2.72. The zero-order chi connectivity index (χ0) is 15.4. The number of carbonyl (C=O) groups excluding carboxylic acids is 1. The summed E-state index contributed by atoms with van der Waals surface area (Å²) in [6.07, 6.45) is 0. The second-order valence-electron chi connectivity index (χ2n) is 4.60. The Balaban J connectivity index is 1.65. The van der Waals surface area contributed by atoms with Crippen LogP contribution in [0.15, 0.2) is 60.0 Å². The van der Waals surface area contributed by atoms with Gasteiger partial charge in [0.25, 0.3) is 0 Å². The van der Waals surface area contributed by atoms with Gasteiger partial charge < -0.3 is 4.74 Å². The quantitative estimate of drug-likeness (QED) is 0.674. The van der Waals surface area contributed by atoms with Crippen LogP contribution in [0.1, 0.15) is 16.1 Å². The lowest BCUT2D eigenvalue weighted by Crippen LogP contribution is -2.05. The van der Waals surface area contributed by atoms with Crippen molar-refractivity contribution in [1.29, 1.82) is 0 Å². The number of carbonyl (C=O) groups is 1. The summed E-state index contributed by atoms with van der Waals surface area (Å²) in [6, 6.07) is 15.2. The molecule has 3 aromatic rings. The number of nitrogens with zero attached hydrogens (tertiary/aromatic N) is 1. The van der Waals surface area contributed by atoms with Crippen molar-refractivity contribution in [2.45, 2.75) is 6.61 Å². The SMILES string of the molecule is O=C(OCc1csc(-c2ccccc2)n1)c1cccc(F)c1. The minimum absolute atomic E-state index is 0.0681. The molecular weight excluding hydrogens is 301 g/mol. The zero-order valence-electron chi connectivity index (χ0n) is 11.5. The van der Waals surface area contributed by atoms with Gasteiger partial charge >= 0.3 is 5.97 Å². The van der Waals surface area contributed by atoms with E-state index >= 15 is 0 Å². The molecule has 22 heavy (non-hydrogen) atoms. The Morgan fingerprint density at radius 1 is 1.14 bits per heavy atom. The monoisotopic (exact) mass is 313 g/mol. The lowest BCUT2D eigenvalue weighted by atomic mass is 10.2. The molecule has 0 radical (unpaired) electrons. The average molecular weight is 313 g/mol. The van der Waals surface area contributed by atoms with Gasteiger partial charge in [-0.15, -0.1) is 11.3 Å². The molecule has 5 heteroatoms. The highest BCUT2D eigenvalue weighted by Crippen LogP contribution is 2.23. The van der Waals surface area contributed by atoms with Crippen LogP contribution in [0, 0.1) is 5.82 Å². The van der Waals surface area contributed by atoms with Crippen LogP contribution in [-0.4, -0.2) is 11.0 Å². The fraction of sp³-hybridized carbons (Fsp3) is 0.0588. The van der Waals surface area contributed by atoms with Gasteiger partial charge in [0.2, 0.25) is 0 Å². The van der Waals surface area contributed by atoms with Crippen LogP contribution in [-0.2, 0) is 11.3 Å². The number of esters is 1. The van der Waals surface area contributed by atoms with E-state index in [1.54, 1.807) is 0 Å². The molecule has 0 bridgehead atoms. The highest BCUT2D eigenvalue weighted by molar-refractivity contribution is 7.13. The number of halogens is 1. The summed E-state index contributed by atoms with van der Waals surface area (Å²) in [7, 11) is 0. The number of rotatable bonds is 4. The number of hydrogen-bond donors (Lipinski definition) is 0. The Morgan fingerprint density at radius 3 is 2.73 bits per heavy atom. The number of benzene rings is 2. The second-order valence-corrected chi connectivity index (χ2v) is 5.45. The van der Waals surface area contributed by atoms with E-state index in [2.05, 4.69) is 4.98 Å².